The van der Waals surface area contributed by atoms with Gasteiger partial charge >= 0.3 is 0 Å². The third-order valence-electron chi connectivity index (χ3n) is 4.63. The minimum atomic E-state index is -1.06. The summed E-state index contributed by atoms with van der Waals surface area (Å²) in [6.07, 6.45) is -1.06. The molecule has 0 fully saturated rings. The summed E-state index contributed by atoms with van der Waals surface area (Å²) in [5.41, 5.74) is 0.152. The lowest BCUT2D eigenvalue weighted by atomic mass is 9.85. The first kappa shape index (κ1) is 19.7. The molecule has 0 aromatic heterocycles. The van der Waals surface area contributed by atoms with E-state index in [-0.39, 0.29) is 21.4 Å². The zero-order valence-corrected chi connectivity index (χ0v) is 16.6. The van der Waals surface area contributed by atoms with Gasteiger partial charge in [-0.15, -0.1) is 0 Å². The summed E-state index contributed by atoms with van der Waals surface area (Å²) in [5, 5.41) is 14.0. The zero-order chi connectivity index (χ0) is 19.9. The highest BCUT2D eigenvalue weighted by atomic mass is 35.5. The molecule has 2 aromatic carbocycles. The Bertz CT molecular complexity index is 906. The van der Waals surface area contributed by atoms with Gasteiger partial charge in [-0.25, -0.2) is 0 Å². The Labute approximate surface area is 167 Å². The summed E-state index contributed by atoms with van der Waals surface area (Å²) >= 11 is 12.2. The lowest BCUT2D eigenvalue weighted by molar-refractivity contribution is -0.0627. The highest BCUT2D eigenvalue weighted by Gasteiger charge is 2.44. The fraction of sp³-hybridized carbons (Fsp3) is 0.300. The molecule has 7 heteroatoms. The number of rotatable bonds is 3. The molecule has 0 unspecified atom stereocenters. The van der Waals surface area contributed by atoms with Crippen LogP contribution in [0.4, 0.5) is 0 Å². The Balaban J connectivity index is 2.04. The van der Waals surface area contributed by atoms with Crippen molar-refractivity contribution in [3.63, 3.8) is 0 Å². The second kappa shape index (κ2) is 7.15. The number of hydrogen-bond donors (Lipinski definition) is 2. The largest absolute Gasteiger partial charge is 0.485 e. The van der Waals surface area contributed by atoms with Crippen molar-refractivity contribution in [1.29, 1.82) is 0 Å². The first-order valence-corrected chi connectivity index (χ1v) is 9.14. The molecule has 0 spiro atoms. The molecule has 1 aliphatic rings. The van der Waals surface area contributed by atoms with Crippen LogP contribution in [-0.4, -0.2) is 28.5 Å². The van der Waals surface area contributed by atoms with Crippen LogP contribution in [0.25, 0.3) is 0 Å². The van der Waals surface area contributed by atoms with Crippen LogP contribution in [0, 0.1) is 0 Å². The van der Waals surface area contributed by atoms with Gasteiger partial charge in [0.25, 0.3) is 5.91 Å². The maximum absolute atomic E-state index is 12.8. The highest BCUT2D eigenvalue weighted by molar-refractivity contribution is 6.39. The van der Waals surface area contributed by atoms with E-state index < -0.39 is 23.7 Å². The number of aliphatic hydroxyl groups is 1. The number of hydrogen-bond acceptors (Lipinski definition) is 4. The first-order valence-electron chi connectivity index (χ1n) is 8.38. The average Bonchev–Trinajstić information content (AvgIpc) is 2.58. The first-order chi connectivity index (χ1) is 12.6. The Morgan fingerprint density at radius 1 is 1.15 bits per heavy atom. The number of nitrogens with one attached hydrogen (secondary N) is 1. The van der Waals surface area contributed by atoms with Crippen molar-refractivity contribution in [3.05, 3.63) is 63.1 Å². The predicted octanol–water partition coefficient (Wildman–Crippen LogP) is 4.20. The van der Waals surface area contributed by atoms with Crippen LogP contribution in [-0.2, 0) is 0 Å². The van der Waals surface area contributed by atoms with Crippen LogP contribution in [0.2, 0.25) is 10.0 Å². The van der Waals surface area contributed by atoms with E-state index in [2.05, 4.69) is 5.32 Å². The van der Waals surface area contributed by atoms with Gasteiger partial charge in [-0.05, 0) is 51.1 Å². The molecule has 0 saturated heterocycles. The average molecular weight is 408 g/mol. The van der Waals surface area contributed by atoms with Crippen LogP contribution in [0.15, 0.2) is 36.4 Å². The molecule has 142 valence electrons. The van der Waals surface area contributed by atoms with E-state index in [0.717, 1.165) is 0 Å². The van der Waals surface area contributed by atoms with Crippen molar-refractivity contribution in [2.45, 2.75) is 38.5 Å². The number of benzene rings is 2. The predicted molar refractivity (Wildman–Crippen MR) is 104 cm³/mol. The molecule has 0 radical (unpaired) electrons. The van der Waals surface area contributed by atoms with Crippen LogP contribution >= 0.6 is 23.2 Å². The second-order valence-electron chi connectivity index (χ2n) is 7.01. The Morgan fingerprint density at radius 2 is 1.78 bits per heavy atom. The molecule has 2 atom stereocenters. The van der Waals surface area contributed by atoms with E-state index in [1.165, 1.54) is 6.92 Å². The normalized spacial score (nSPS) is 20.4. The molecular weight excluding hydrogens is 389 g/mol. The van der Waals surface area contributed by atoms with Gasteiger partial charge in [0.2, 0.25) is 0 Å². The number of Topliss-reactive ketones (excluding diaryl/α,β-unsaturated/α-hetero) is 1. The molecule has 0 saturated carbocycles. The second-order valence-corrected chi connectivity index (χ2v) is 7.82. The van der Waals surface area contributed by atoms with Crippen molar-refractivity contribution in [2.24, 2.45) is 0 Å². The number of amides is 1. The van der Waals surface area contributed by atoms with Crippen molar-refractivity contribution in [1.82, 2.24) is 5.32 Å². The van der Waals surface area contributed by atoms with Gasteiger partial charge in [0, 0.05) is 11.1 Å². The number of fused-ring (bicyclic) bond motifs is 1. The minimum absolute atomic E-state index is 0.126. The minimum Gasteiger partial charge on any atom is -0.485 e. The van der Waals surface area contributed by atoms with Gasteiger partial charge in [-0.1, -0.05) is 29.3 Å². The Kier molecular flexibility index (Phi) is 5.21. The number of halogens is 2. The Morgan fingerprint density at radius 3 is 2.37 bits per heavy atom. The lowest BCUT2D eigenvalue weighted by Crippen LogP contribution is -2.53. The summed E-state index contributed by atoms with van der Waals surface area (Å²) in [4.78, 5) is 24.6. The van der Waals surface area contributed by atoms with E-state index in [1.807, 2.05) is 0 Å². The molecule has 27 heavy (non-hydrogen) atoms. The van der Waals surface area contributed by atoms with Crippen LogP contribution < -0.4 is 10.1 Å². The maximum Gasteiger partial charge on any atom is 0.254 e. The summed E-state index contributed by atoms with van der Waals surface area (Å²) in [6, 6.07) is 8.91. The quantitative estimate of drug-likeness (QED) is 0.747. The fourth-order valence-corrected chi connectivity index (χ4v) is 3.67. The monoisotopic (exact) mass is 407 g/mol. The van der Waals surface area contributed by atoms with Gasteiger partial charge in [0.15, 0.2) is 5.78 Å². The molecule has 5 nitrogen and oxygen atoms in total. The molecule has 2 aromatic rings. The van der Waals surface area contributed by atoms with Gasteiger partial charge in [0.1, 0.15) is 17.5 Å². The lowest BCUT2D eigenvalue weighted by Gasteiger charge is -2.42. The molecule has 0 bridgehead atoms. The number of ether oxygens (including phenoxy) is 1. The van der Waals surface area contributed by atoms with E-state index in [0.29, 0.717) is 16.9 Å². The smallest absolute Gasteiger partial charge is 0.254 e. The van der Waals surface area contributed by atoms with Gasteiger partial charge in [-0.2, -0.15) is 0 Å². The molecule has 1 amide bonds. The van der Waals surface area contributed by atoms with Crippen LogP contribution in [0.5, 0.6) is 5.75 Å². The standard InChI is InChI=1S/C20H19Cl2NO4/c1-10(24)11-7-8-15-12(9-11)17(18(25)20(2,3)27-15)23-19(26)16-13(21)5-4-6-14(16)22/h4-9,17-18,25H,1-3H3,(H,23,26)/t17-,18+/m1/s1. The van der Waals surface area contributed by atoms with Gasteiger partial charge < -0.3 is 15.2 Å². The van der Waals surface area contributed by atoms with Crippen LogP contribution in [0.3, 0.4) is 0 Å². The van der Waals surface area contributed by atoms with Crippen molar-refractivity contribution in [3.8, 4) is 5.75 Å². The molecule has 1 aliphatic heterocycles. The Hall–Kier alpha value is -2.08. The summed E-state index contributed by atoms with van der Waals surface area (Å²) in [6.45, 7) is 4.89. The van der Waals surface area contributed by atoms with Crippen molar-refractivity contribution >= 4 is 34.9 Å². The third kappa shape index (κ3) is 3.68. The molecule has 0 aliphatic carbocycles. The van der Waals surface area contributed by atoms with E-state index in [4.69, 9.17) is 27.9 Å². The molecule has 2 N–H and O–H groups in total. The number of ketones is 1. The zero-order valence-electron chi connectivity index (χ0n) is 15.0. The van der Waals surface area contributed by atoms with Crippen LogP contribution in [0.1, 0.15) is 53.1 Å². The number of carbonyl (C=O) groups is 2. The highest BCUT2D eigenvalue weighted by Crippen LogP contribution is 2.40. The fourth-order valence-electron chi connectivity index (χ4n) is 3.10. The third-order valence-corrected chi connectivity index (χ3v) is 5.26. The van der Waals surface area contributed by atoms with E-state index >= 15 is 0 Å². The summed E-state index contributed by atoms with van der Waals surface area (Å²) in [5.74, 6) is -0.159. The van der Waals surface area contributed by atoms with E-state index in [9.17, 15) is 14.7 Å². The van der Waals surface area contributed by atoms with Gasteiger partial charge in [0.05, 0.1) is 21.7 Å². The molecular formula is C20H19Cl2NO4. The summed E-state index contributed by atoms with van der Waals surface area (Å²) in [7, 11) is 0. The SMILES string of the molecule is CC(=O)c1ccc2c(c1)[C@@H](NC(=O)c1c(Cl)cccc1Cl)[C@H](O)C(C)(C)O2. The summed E-state index contributed by atoms with van der Waals surface area (Å²) < 4.78 is 5.87. The van der Waals surface area contributed by atoms with Crippen molar-refractivity contribution in [2.75, 3.05) is 0 Å². The van der Waals surface area contributed by atoms with E-state index in [1.54, 1.807) is 50.2 Å². The number of aliphatic hydroxyl groups excluding tert-OH is 1. The topological polar surface area (TPSA) is 75.6 Å². The van der Waals surface area contributed by atoms with Gasteiger partial charge in [-0.3, -0.25) is 9.59 Å². The maximum atomic E-state index is 12.8. The molecule has 3 rings (SSSR count). The molecule has 1 heterocycles. The number of carbonyl (C=O) groups excluding carboxylic acids is 2. The van der Waals surface area contributed by atoms with Crippen molar-refractivity contribution < 1.29 is 19.4 Å².